The van der Waals surface area contributed by atoms with Gasteiger partial charge in [-0.2, -0.15) is 0 Å². The Morgan fingerprint density at radius 2 is 1.81 bits per heavy atom. The Morgan fingerprint density at radius 3 is 2.38 bits per heavy atom. The summed E-state index contributed by atoms with van der Waals surface area (Å²) in [4.78, 5) is 4.75. The monoisotopic (exact) mass is 315 g/mol. The van der Waals surface area contributed by atoms with Gasteiger partial charge in [0, 0.05) is 28.2 Å². The van der Waals surface area contributed by atoms with E-state index in [4.69, 9.17) is 4.98 Å². The molecule has 0 aliphatic heterocycles. The number of nitrogens with zero attached hydrogens (tertiary/aromatic N) is 3. The summed E-state index contributed by atoms with van der Waals surface area (Å²) >= 11 is 3.12. The molecule has 0 amide bonds. The van der Waals surface area contributed by atoms with Crippen molar-refractivity contribution in [2.75, 3.05) is 0 Å². The molecule has 0 saturated carbocycles. The zero-order valence-corrected chi connectivity index (χ0v) is 14.0. The normalized spacial score (nSPS) is 11.8. The van der Waals surface area contributed by atoms with Gasteiger partial charge in [-0.1, -0.05) is 49.5 Å². The van der Waals surface area contributed by atoms with Crippen LogP contribution in [0.2, 0.25) is 0 Å². The lowest BCUT2D eigenvalue weighted by atomic mass is 9.93. The van der Waals surface area contributed by atoms with Crippen LogP contribution in [0.3, 0.4) is 0 Å². The highest BCUT2D eigenvalue weighted by molar-refractivity contribution is 7.09. The Balaban J connectivity index is 1.75. The summed E-state index contributed by atoms with van der Waals surface area (Å²) in [6, 6.07) is 8.49. The summed E-state index contributed by atoms with van der Waals surface area (Å²) in [5.41, 5.74) is 4.62. The molecular weight excluding hydrogens is 298 g/mol. The van der Waals surface area contributed by atoms with E-state index in [-0.39, 0.29) is 5.41 Å². The number of benzene rings is 1. The van der Waals surface area contributed by atoms with E-state index in [9.17, 15) is 0 Å². The van der Waals surface area contributed by atoms with Gasteiger partial charge < -0.3 is 0 Å². The molecule has 0 spiro atoms. The average Bonchev–Trinajstić information content (AvgIpc) is 3.09. The van der Waals surface area contributed by atoms with Crippen molar-refractivity contribution in [1.82, 2.24) is 14.6 Å². The van der Waals surface area contributed by atoms with Crippen molar-refractivity contribution in [2.24, 2.45) is 0 Å². The first-order chi connectivity index (χ1) is 10.0. The summed E-state index contributed by atoms with van der Waals surface area (Å²) in [5.74, 6) is 0. The fourth-order valence-corrected chi connectivity index (χ4v) is 3.52. The maximum absolute atomic E-state index is 4.75. The minimum Gasteiger partial charge on any atom is -0.245 e. The number of hydrogen-bond acceptors (Lipinski definition) is 5. The molecule has 3 aromatic rings. The molecule has 0 radical (unpaired) electrons. The number of thiazole rings is 1. The van der Waals surface area contributed by atoms with Gasteiger partial charge >= 0.3 is 0 Å². The predicted octanol–water partition coefficient (Wildman–Crippen LogP) is 4.55. The van der Waals surface area contributed by atoms with Crippen LogP contribution < -0.4 is 0 Å². The molecule has 108 valence electrons. The third-order valence-electron chi connectivity index (χ3n) is 3.29. The van der Waals surface area contributed by atoms with E-state index in [1.165, 1.54) is 27.8 Å². The summed E-state index contributed by atoms with van der Waals surface area (Å²) in [6.45, 7) is 6.59. The second-order valence-electron chi connectivity index (χ2n) is 6.04. The van der Waals surface area contributed by atoms with Crippen molar-refractivity contribution in [3.05, 3.63) is 51.3 Å². The third-order valence-corrected chi connectivity index (χ3v) is 4.64. The van der Waals surface area contributed by atoms with Crippen molar-refractivity contribution >= 4 is 22.9 Å². The topological polar surface area (TPSA) is 38.7 Å². The second-order valence-corrected chi connectivity index (χ2v) is 7.59. The van der Waals surface area contributed by atoms with Gasteiger partial charge in [0.25, 0.3) is 0 Å². The van der Waals surface area contributed by atoms with E-state index in [0.29, 0.717) is 0 Å². The molecule has 21 heavy (non-hydrogen) atoms. The summed E-state index contributed by atoms with van der Waals surface area (Å²) < 4.78 is 3.90. The molecule has 0 aliphatic carbocycles. The zero-order chi connectivity index (χ0) is 14.9. The molecule has 0 fully saturated rings. The first-order valence-corrected chi connectivity index (χ1v) is 8.55. The lowest BCUT2D eigenvalue weighted by Crippen LogP contribution is -2.11. The molecule has 0 unspecified atom stereocenters. The SMILES string of the molecule is CC(C)(C)c1csc(Cc2ccc(-c3csnn3)cc2)n1. The maximum atomic E-state index is 4.75. The van der Waals surface area contributed by atoms with Crippen LogP contribution in [-0.4, -0.2) is 14.6 Å². The largest absolute Gasteiger partial charge is 0.245 e. The van der Waals surface area contributed by atoms with Crippen LogP contribution in [0.15, 0.2) is 35.0 Å². The molecular formula is C16H17N3S2. The van der Waals surface area contributed by atoms with E-state index in [1.54, 1.807) is 11.3 Å². The zero-order valence-electron chi connectivity index (χ0n) is 12.3. The highest BCUT2D eigenvalue weighted by Gasteiger charge is 2.17. The average molecular weight is 315 g/mol. The van der Waals surface area contributed by atoms with Gasteiger partial charge in [-0.05, 0) is 17.1 Å². The van der Waals surface area contributed by atoms with Crippen LogP contribution in [0.4, 0.5) is 0 Å². The first kappa shape index (κ1) is 14.4. The molecule has 0 aliphatic rings. The lowest BCUT2D eigenvalue weighted by molar-refractivity contribution is 0.571. The van der Waals surface area contributed by atoms with Gasteiger partial charge in [-0.25, -0.2) is 4.98 Å². The van der Waals surface area contributed by atoms with Crippen LogP contribution in [0.1, 0.15) is 37.0 Å². The first-order valence-electron chi connectivity index (χ1n) is 6.83. The van der Waals surface area contributed by atoms with E-state index >= 15 is 0 Å². The standard InChI is InChI=1S/C16H17N3S2/c1-16(2,3)14-10-20-15(17-14)8-11-4-6-12(7-5-11)13-9-21-19-18-13/h4-7,9-10H,8H2,1-3H3. The van der Waals surface area contributed by atoms with Crippen LogP contribution >= 0.6 is 22.9 Å². The third kappa shape index (κ3) is 3.36. The van der Waals surface area contributed by atoms with Crippen LogP contribution in [-0.2, 0) is 11.8 Å². The van der Waals surface area contributed by atoms with Crippen molar-refractivity contribution in [3.8, 4) is 11.3 Å². The molecule has 0 atom stereocenters. The maximum Gasteiger partial charge on any atom is 0.105 e. The van der Waals surface area contributed by atoms with Crippen molar-refractivity contribution < 1.29 is 0 Å². The quantitative estimate of drug-likeness (QED) is 0.711. The number of hydrogen-bond donors (Lipinski definition) is 0. The minimum atomic E-state index is 0.121. The molecule has 3 nitrogen and oxygen atoms in total. The molecule has 0 N–H and O–H groups in total. The van der Waals surface area contributed by atoms with E-state index in [2.05, 4.69) is 60.0 Å². The highest BCUT2D eigenvalue weighted by Crippen LogP contribution is 2.25. The number of rotatable bonds is 3. The predicted molar refractivity (Wildman–Crippen MR) is 89.0 cm³/mol. The van der Waals surface area contributed by atoms with Crippen LogP contribution in [0.25, 0.3) is 11.3 Å². The van der Waals surface area contributed by atoms with Crippen LogP contribution in [0.5, 0.6) is 0 Å². The molecule has 0 bridgehead atoms. The Hall–Kier alpha value is -1.59. The van der Waals surface area contributed by atoms with Crippen molar-refractivity contribution in [2.45, 2.75) is 32.6 Å². The Kier molecular flexibility index (Phi) is 3.87. The fraction of sp³-hybridized carbons (Fsp3) is 0.312. The van der Waals surface area contributed by atoms with E-state index in [1.807, 2.05) is 5.38 Å². The Bertz CT molecular complexity index is 707. The summed E-state index contributed by atoms with van der Waals surface area (Å²) in [6.07, 6.45) is 0.885. The molecule has 5 heteroatoms. The molecule has 0 saturated heterocycles. The van der Waals surface area contributed by atoms with E-state index in [0.717, 1.165) is 17.7 Å². The van der Waals surface area contributed by atoms with Gasteiger partial charge in [0.15, 0.2) is 0 Å². The molecule has 2 heterocycles. The summed E-state index contributed by atoms with van der Waals surface area (Å²) in [5, 5.41) is 9.39. The van der Waals surface area contributed by atoms with Crippen molar-refractivity contribution in [1.29, 1.82) is 0 Å². The molecule has 1 aromatic carbocycles. The minimum absolute atomic E-state index is 0.121. The summed E-state index contributed by atoms with van der Waals surface area (Å²) in [7, 11) is 0. The number of aromatic nitrogens is 3. The van der Waals surface area contributed by atoms with Gasteiger partial charge in [0.05, 0.1) is 10.7 Å². The van der Waals surface area contributed by atoms with Gasteiger partial charge in [0.2, 0.25) is 0 Å². The second kappa shape index (κ2) is 5.66. The van der Waals surface area contributed by atoms with Gasteiger partial charge in [0.1, 0.15) is 5.69 Å². The fourth-order valence-electron chi connectivity index (χ4n) is 1.99. The molecule has 2 aromatic heterocycles. The Morgan fingerprint density at radius 1 is 1.05 bits per heavy atom. The van der Waals surface area contributed by atoms with E-state index < -0.39 is 0 Å². The Labute approximate surface area is 132 Å². The van der Waals surface area contributed by atoms with Crippen LogP contribution in [0, 0.1) is 0 Å². The van der Waals surface area contributed by atoms with Crippen molar-refractivity contribution in [3.63, 3.8) is 0 Å². The smallest absolute Gasteiger partial charge is 0.105 e. The lowest BCUT2D eigenvalue weighted by Gasteiger charge is -2.14. The van der Waals surface area contributed by atoms with Gasteiger partial charge in [-0.3, -0.25) is 0 Å². The highest BCUT2D eigenvalue weighted by atomic mass is 32.1. The molecule has 3 rings (SSSR count). The van der Waals surface area contributed by atoms with Gasteiger partial charge in [-0.15, -0.1) is 16.4 Å².